The average Bonchev–Trinajstić information content (AvgIpc) is 2.64. The molecule has 0 aromatic heterocycles. The molecule has 5 heteroatoms. The molecule has 130 valence electrons. The third-order valence-electron chi connectivity index (χ3n) is 3.96. The third kappa shape index (κ3) is 3.90. The van der Waals surface area contributed by atoms with Crippen molar-refractivity contribution in [1.82, 2.24) is 0 Å². The molecule has 0 bridgehead atoms. The summed E-state index contributed by atoms with van der Waals surface area (Å²) in [4.78, 5) is 11.3. The van der Waals surface area contributed by atoms with Crippen LogP contribution in [0.15, 0.2) is 72.8 Å². The molecule has 26 heavy (non-hydrogen) atoms. The molecule has 0 aliphatic carbocycles. The van der Waals surface area contributed by atoms with E-state index >= 15 is 0 Å². The van der Waals surface area contributed by atoms with E-state index < -0.39 is 5.97 Å². The van der Waals surface area contributed by atoms with E-state index in [1.807, 2.05) is 54.6 Å². The smallest absolute Gasteiger partial charge is 0.328 e. The Balaban J connectivity index is 2.06. The summed E-state index contributed by atoms with van der Waals surface area (Å²) in [6.45, 7) is 0. The first-order valence-electron chi connectivity index (χ1n) is 7.81. The molecule has 0 saturated heterocycles. The van der Waals surface area contributed by atoms with Crippen molar-refractivity contribution in [3.63, 3.8) is 0 Å². The molecule has 0 aliphatic heterocycles. The largest absolute Gasteiger partial charge is 0.478 e. The molecular formula is C21H15Cl2NO2. The van der Waals surface area contributed by atoms with Crippen molar-refractivity contribution in [3.05, 3.63) is 94.0 Å². The van der Waals surface area contributed by atoms with Gasteiger partial charge in [0, 0.05) is 6.08 Å². The minimum atomic E-state index is -1.06. The van der Waals surface area contributed by atoms with Gasteiger partial charge in [0.05, 0.1) is 15.7 Å². The quantitative estimate of drug-likeness (QED) is 0.444. The number of aliphatic carboxylic acids is 1. The lowest BCUT2D eigenvalue weighted by atomic mass is 9.95. The summed E-state index contributed by atoms with van der Waals surface area (Å²) in [6.07, 6.45) is 1.13. The first kappa shape index (κ1) is 18.1. The highest BCUT2D eigenvalue weighted by atomic mass is 35.5. The minimum Gasteiger partial charge on any atom is -0.478 e. The van der Waals surface area contributed by atoms with E-state index in [2.05, 4.69) is 0 Å². The number of carboxylic acids is 1. The average molecular weight is 384 g/mol. The number of hydrogen-bond acceptors (Lipinski definition) is 2. The summed E-state index contributed by atoms with van der Waals surface area (Å²) in [5, 5.41) is 9.83. The molecule has 3 aromatic carbocycles. The number of halogens is 2. The van der Waals surface area contributed by atoms with Crippen molar-refractivity contribution in [2.24, 2.45) is 0 Å². The molecule has 0 saturated carbocycles. The number of hydrogen-bond donors (Lipinski definition) is 2. The summed E-state index contributed by atoms with van der Waals surface area (Å²) in [7, 11) is 0. The number of anilines is 1. The zero-order valence-corrected chi connectivity index (χ0v) is 15.1. The number of benzene rings is 3. The maximum Gasteiger partial charge on any atom is 0.328 e. The van der Waals surface area contributed by atoms with Gasteiger partial charge in [0.1, 0.15) is 0 Å². The lowest BCUT2D eigenvalue weighted by Crippen LogP contribution is -1.97. The molecule has 0 atom stereocenters. The zero-order chi connectivity index (χ0) is 18.7. The molecule has 0 unspecified atom stereocenters. The van der Waals surface area contributed by atoms with Crippen molar-refractivity contribution in [3.8, 4) is 11.1 Å². The molecule has 3 N–H and O–H groups in total. The first-order chi connectivity index (χ1) is 12.5. The number of carboxylic acid groups (broad SMARTS) is 1. The minimum absolute atomic E-state index is 0.270. The van der Waals surface area contributed by atoms with Gasteiger partial charge in [-0.05, 0) is 40.0 Å². The molecule has 3 nitrogen and oxygen atoms in total. The summed E-state index contributed by atoms with van der Waals surface area (Å²) in [6, 6.07) is 20.8. The predicted molar refractivity (Wildman–Crippen MR) is 107 cm³/mol. The molecule has 0 spiro atoms. The van der Waals surface area contributed by atoms with Crippen LogP contribution < -0.4 is 5.73 Å². The fourth-order valence-corrected chi connectivity index (χ4v) is 3.16. The summed E-state index contributed by atoms with van der Waals surface area (Å²) < 4.78 is 0. The van der Waals surface area contributed by atoms with Crippen molar-refractivity contribution >= 4 is 40.4 Å². The molecule has 0 radical (unpaired) electrons. The van der Waals surface area contributed by atoms with Gasteiger partial charge in [-0.3, -0.25) is 0 Å². The molecule has 3 aromatic rings. The molecular weight excluding hydrogens is 369 g/mol. The summed E-state index contributed by atoms with van der Waals surface area (Å²) >= 11 is 12.2. The topological polar surface area (TPSA) is 63.3 Å². The van der Waals surface area contributed by atoms with Gasteiger partial charge in [-0.25, -0.2) is 4.79 Å². The highest BCUT2D eigenvalue weighted by Crippen LogP contribution is 2.34. The van der Waals surface area contributed by atoms with E-state index in [1.54, 1.807) is 12.1 Å². The van der Waals surface area contributed by atoms with Crippen LogP contribution in [0.5, 0.6) is 0 Å². The Labute approximate surface area is 161 Å². The summed E-state index contributed by atoms with van der Waals surface area (Å²) in [5.74, 6) is -1.06. The zero-order valence-electron chi connectivity index (χ0n) is 13.6. The molecule has 3 rings (SSSR count). The SMILES string of the molecule is Nc1c(Cl)cc(/C(=C/C(=O)O)c2ccc(-c3ccccc3)cc2)cc1Cl. The molecule has 0 aliphatic rings. The van der Waals surface area contributed by atoms with Crippen LogP contribution in [-0.4, -0.2) is 11.1 Å². The lowest BCUT2D eigenvalue weighted by Gasteiger charge is -2.12. The van der Waals surface area contributed by atoms with E-state index in [4.69, 9.17) is 28.9 Å². The van der Waals surface area contributed by atoms with E-state index in [1.165, 1.54) is 0 Å². The fourth-order valence-electron chi connectivity index (χ4n) is 2.67. The van der Waals surface area contributed by atoms with Crippen molar-refractivity contribution in [2.45, 2.75) is 0 Å². The van der Waals surface area contributed by atoms with Gasteiger partial charge in [0.15, 0.2) is 0 Å². The van der Waals surface area contributed by atoms with Crippen LogP contribution in [0.2, 0.25) is 10.0 Å². The van der Waals surface area contributed by atoms with Gasteiger partial charge >= 0.3 is 5.97 Å². The maximum atomic E-state index is 11.3. The van der Waals surface area contributed by atoms with Gasteiger partial charge in [0.25, 0.3) is 0 Å². The maximum absolute atomic E-state index is 11.3. The third-order valence-corrected chi connectivity index (χ3v) is 4.59. The van der Waals surface area contributed by atoms with Crippen LogP contribution in [0.1, 0.15) is 11.1 Å². The van der Waals surface area contributed by atoms with E-state index in [0.29, 0.717) is 11.1 Å². The highest BCUT2D eigenvalue weighted by Gasteiger charge is 2.12. The first-order valence-corrected chi connectivity index (χ1v) is 8.56. The van der Waals surface area contributed by atoms with Crippen LogP contribution in [0.25, 0.3) is 16.7 Å². The van der Waals surface area contributed by atoms with Gasteiger partial charge in [-0.1, -0.05) is 77.8 Å². The summed E-state index contributed by atoms with van der Waals surface area (Å²) in [5.41, 5.74) is 10.00. The van der Waals surface area contributed by atoms with Crippen molar-refractivity contribution in [2.75, 3.05) is 5.73 Å². The van der Waals surface area contributed by atoms with Crippen LogP contribution >= 0.6 is 23.2 Å². The molecule has 0 heterocycles. The number of rotatable bonds is 4. The molecule has 0 fully saturated rings. The van der Waals surface area contributed by atoms with Crippen LogP contribution in [0.4, 0.5) is 5.69 Å². The standard InChI is InChI=1S/C21H15Cl2NO2/c22-18-10-16(11-19(23)21(18)24)17(12-20(25)26)15-8-6-14(7-9-15)13-4-2-1-3-5-13/h1-12H,24H2,(H,25,26)/b17-12+. The number of nitrogen functional groups attached to an aromatic ring is 1. The van der Waals surface area contributed by atoms with Crippen molar-refractivity contribution in [1.29, 1.82) is 0 Å². The van der Waals surface area contributed by atoms with Gasteiger partial charge in [0.2, 0.25) is 0 Å². The lowest BCUT2D eigenvalue weighted by molar-refractivity contribution is -0.131. The predicted octanol–water partition coefficient (Wildman–Crippen LogP) is 5.76. The number of carbonyl (C=O) groups is 1. The second-order valence-corrected chi connectivity index (χ2v) is 6.51. The monoisotopic (exact) mass is 383 g/mol. The Morgan fingerprint density at radius 1 is 0.846 bits per heavy atom. The van der Waals surface area contributed by atoms with E-state index in [9.17, 15) is 9.90 Å². The highest BCUT2D eigenvalue weighted by molar-refractivity contribution is 6.39. The fraction of sp³-hybridized carbons (Fsp3) is 0. The van der Waals surface area contributed by atoms with E-state index in [0.717, 1.165) is 22.8 Å². The Morgan fingerprint density at radius 3 is 1.92 bits per heavy atom. The Bertz CT molecular complexity index is 958. The van der Waals surface area contributed by atoms with Gasteiger partial charge < -0.3 is 10.8 Å². The van der Waals surface area contributed by atoms with Gasteiger partial charge in [-0.15, -0.1) is 0 Å². The number of nitrogens with two attached hydrogens (primary N) is 1. The van der Waals surface area contributed by atoms with Crippen LogP contribution in [0.3, 0.4) is 0 Å². The molecule has 0 amide bonds. The normalized spacial score (nSPS) is 11.4. The van der Waals surface area contributed by atoms with Crippen LogP contribution in [-0.2, 0) is 4.79 Å². The Hall–Kier alpha value is -2.75. The second-order valence-electron chi connectivity index (χ2n) is 5.69. The van der Waals surface area contributed by atoms with E-state index in [-0.39, 0.29) is 15.7 Å². The Morgan fingerprint density at radius 2 is 1.38 bits per heavy atom. The van der Waals surface area contributed by atoms with Gasteiger partial charge in [-0.2, -0.15) is 0 Å². The Kier molecular flexibility index (Phi) is 5.31. The second kappa shape index (κ2) is 7.65. The van der Waals surface area contributed by atoms with Crippen molar-refractivity contribution < 1.29 is 9.90 Å². The van der Waals surface area contributed by atoms with Crippen LogP contribution in [0, 0.1) is 0 Å².